The summed E-state index contributed by atoms with van der Waals surface area (Å²) in [4.78, 5) is 34.9. The molecule has 25 heavy (non-hydrogen) atoms. The minimum absolute atomic E-state index is 0.0747. The van der Waals surface area contributed by atoms with Crippen LogP contribution in [0, 0.1) is 12.7 Å². The molecule has 0 bridgehead atoms. The molecule has 0 atom stereocenters. The Labute approximate surface area is 143 Å². The lowest BCUT2D eigenvalue weighted by molar-refractivity contribution is -0.114. The van der Waals surface area contributed by atoms with Crippen molar-refractivity contribution in [2.24, 2.45) is 0 Å². The molecule has 6 nitrogen and oxygen atoms in total. The number of esters is 1. The summed E-state index contributed by atoms with van der Waals surface area (Å²) in [5.74, 6) is -3.07. The fourth-order valence-corrected chi connectivity index (χ4v) is 2.13. The van der Waals surface area contributed by atoms with Crippen molar-refractivity contribution in [3.63, 3.8) is 0 Å². The van der Waals surface area contributed by atoms with Gasteiger partial charge in [0, 0.05) is 12.6 Å². The number of phenols is 1. The fraction of sp³-hybridized carbons (Fsp3) is 0.167. The Bertz CT molecular complexity index is 847. The second-order valence-electron chi connectivity index (χ2n) is 5.35. The summed E-state index contributed by atoms with van der Waals surface area (Å²) >= 11 is 0. The van der Waals surface area contributed by atoms with Crippen LogP contribution in [0.5, 0.6) is 5.75 Å². The van der Waals surface area contributed by atoms with Gasteiger partial charge in [-0.15, -0.1) is 0 Å². The van der Waals surface area contributed by atoms with Crippen molar-refractivity contribution in [2.45, 2.75) is 13.8 Å². The fourth-order valence-electron chi connectivity index (χ4n) is 2.13. The van der Waals surface area contributed by atoms with Crippen molar-refractivity contribution in [1.29, 1.82) is 0 Å². The lowest BCUT2D eigenvalue weighted by Crippen LogP contribution is -2.16. The molecular weight excluding hydrogens is 329 g/mol. The molecule has 0 fully saturated rings. The number of benzene rings is 2. The number of carbonyl (C=O) groups is 3. The number of ether oxygens (including phenoxy) is 1. The third-order valence-corrected chi connectivity index (χ3v) is 3.38. The van der Waals surface area contributed by atoms with Crippen LogP contribution < -0.4 is 5.32 Å². The van der Waals surface area contributed by atoms with E-state index in [0.717, 1.165) is 6.07 Å². The van der Waals surface area contributed by atoms with Crippen LogP contribution in [-0.2, 0) is 9.53 Å². The first-order valence-corrected chi connectivity index (χ1v) is 7.35. The van der Waals surface area contributed by atoms with Gasteiger partial charge >= 0.3 is 5.97 Å². The zero-order valence-corrected chi connectivity index (χ0v) is 13.6. The van der Waals surface area contributed by atoms with Gasteiger partial charge in [0.25, 0.3) is 0 Å². The highest BCUT2D eigenvalue weighted by Gasteiger charge is 2.18. The second kappa shape index (κ2) is 7.57. The molecule has 0 saturated carbocycles. The van der Waals surface area contributed by atoms with E-state index in [2.05, 4.69) is 5.32 Å². The van der Waals surface area contributed by atoms with Gasteiger partial charge in [-0.3, -0.25) is 9.59 Å². The van der Waals surface area contributed by atoms with E-state index in [0.29, 0.717) is 5.56 Å². The van der Waals surface area contributed by atoms with E-state index in [1.54, 1.807) is 19.1 Å². The predicted molar refractivity (Wildman–Crippen MR) is 88.2 cm³/mol. The quantitative estimate of drug-likeness (QED) is 0.642. The number of hydrogen-bond acceptors (Lipinski definition) is 5. The number of aromatic hydroxyl groups is 1. The number of amides is 1. The number of ketones is 1. The molecule has 0 spiro atoms. The van der Waals surface area contributed by atoms with Crippen LogP contribution >= 0.6 is 0 Å². The highest BCUT2D eigenvalue weighted by molar-refractivity contribution is 6.00. The third kappa shape index (κ3) is 4.41. The maximum atomic E-state index is 14.0. The number of aryl methyl sites for hydroxylation is 1. The summed E-state index contributed by atoms with van der Waals surface area (Å²) in [5.41, 5.74) is 0.355. The summed E-state index contributed by atoms with van der Waals surface area (Å²) in [6, 6.07) is 8.10. The Hall–Kier alpha value is -3.22. The molecule has 0 aliphatic rings. The van der Waals surface area contributed by atoms with E-state index in [1.807, 2.05) is 0 Å². The van der Waals surface area contributed by atoms with Crippen molar-refractivity contribution < 1.29 is 28.6 Å². The largest absolute Gasteiger partial charge is 0.507 e. The highest BCUT2D eigenvalue weighted by Crippen LogP contribution is 2.22. The third-order valence-electron chi connectivity index (χ3n) is 3.38. The van der Waals surface area contributed by atoms with Gasteiger partial charge in [-0.1, -0.05) is 12.1 Å². The van der Waals surface area contributed by atoms with E-state index < -0.39 is 24.2 Å². The van der Waals surface area contributed by atoms with E-state index >= 15 is 0 Å². The Kier molecular flexibility index (Phi) is 5.49. The number of para-hydroxylation sites is 1. The van der Waals surface area contributed by atoms with Gasteiger partial charge in [0.05, 0.1) is 5.56 Å². The summed E-state index contributed by atoms with van der Waals surface area (Å²) < 4.78 is 18.8. The minimum atomic E-state index is -0.884. The smallest absolute Gasteiger partial charge is 0.342 e. The minimum Gasteiger partial charge on any atom is -0.507 e. The second-order valence-corrected chi connectivity index (χ2v) is 5.35. The molecule has 7 heteroatoms. The molecule has 0 saturated heterocycles. The monoisotopic (exact) mass is 345 g/mol. The first-order chi connectivity index (χ1) is 11.8. The molecule has 1 amide bonds. The Morgan fingerprint density at radius 3 is 2.52 bits per heavy atom. The van der Waals surface area contributed by atoms with E-state index in [4.69, 9.17) is 4.74 Å². The van der Waals surface area contributed by atoms with E-state index in [-0.39, 0.29) is 28.5 Å². The molecular formula is C18H16FNO5. The molecule has 2 rings (SSSR count). The summed E-state index contributed by atoms with van der Waals surface area (Å²) in [6.45, 7) is 2.21. The summed E-state index contributed by atoms with van der Waals surface area (Å²) in [7, 11) is 0. The molecule has 2 N–H and O–H groups in total. The van der Waals surface area contributed by atoms with Crippen molar-refractivity contribution in [3.05, 3.63) is 58.9 Å². The maximum absolute atomic E-state index is 14.0. The average molecular weight is 345 g/mol. The van der Waals surface area contributed by atoms with Gasteiger partial charge in [-0.05, 0) is 36.8 Å². The normalized spacial score (nSPS) is 10.2. The zero-order chi connectivity index (χ0) is 18.6. The van der Waals surface area contributed by atoms with Crippen molar-refractivity contribution in [2.75, 3.05) is 11.9 Å². The highest BCUT2D eigenvalue weighted by atomic mass is 19.1. The molecule has 130 valence electrons. The predicted octanol–water partition coefficient (Wildman–Crippen LogP) is 2.84. The van der Waals surface area contributed by atoms with E-state index in [9.17, 15) is 23.9 Å². The standard InChI is InChI=1S/C18H16FNO5/c1-10-4-3-5-14(17(10)23)18(24)25-9-16(22)13-7-6-12(8-15(13)19)20-11(2)21/h3-8,23H,9H2,1-2H3,(H,20,21). The Balaban J connectivity index is 2.06. The number of rotatable bonds is 5. The molecule has 0 aromatic heterocycles. The SMILES string of the molecule is CC(=O)Nc1ccc(C(=O)COC(=O)c2cccc(C)c2O)c(F)c1. The number of carbonyl (C=O) groups excluding carboxylic acids is 3. The van der Waals surface area contributed by atoms with E-state index in [1.165, 1.54) is 25.1 Å². The topological polar surface area (TPSA) is 92.7 Å². The molecule has 0 aliphatic carbocycles. The number of anilines is 1. The van der Waals surface area contributed by atoms with Gasteiger partial charge in [0.2, 0.25) is 11.7 Å². The molecule has 0 radical (unpaired) electrons. The lowest BCUT2D eigenvalue weighted by atomic mass is 10.1. The van der Waals surface area contributed by atoms with Gasteiger partial charge in [-0.2, -0.15) is 0 Å². The van der Waals surface area contributed by atoms with Crippen LogP contribution in [0.1, 0.15) is 33.2 Å². The molecule has 0 unspecified atom stereocenters. The molecule has 2 aromatic carbocycles. The number of hydrogen-bond donors (Lipinski definition) is 2. The van der Waals surface area contributed by atoms with Crippen LogP contribution in [0.2, 0.25) is 0 Å². The zero-order valence-electron chi connectivity index (χ0n) is 13.6. The summed E-state index contributed by atoms with van der Waals surface area (Å²) in [5, 5.41) is 12.2. The van der Waals surface area contributed by atoms with Crippen molar-refractivity contribution >= 4 is 23.3 Å². The molecule has 0 heterocycles. The lowest BCUT2D eigenvalue weighted by Gasteiger charge is -2.09. The van der Waals surface area contributed by atoms with Crippen LogP contribution in [0.3, 0.4) is 0 Å². The first kappa shape index (κ1) is 18.1. The van der Waals surface area contributed by atoms with Gasteiger partial charge in [-0.25, -0.2) is 9.18 Å². The van der Waals surface area contributed by atoms with Crippen LogP contribution in [0.15, 0.2) is 36.4 Å². The number of phenolic OH excluding ortho intramolecular Hbond substituents is 1. The number of Topliss-reactive ketones (excluding diaryl/α,β-unsaturated/α-hetero) is 1. The summed E-state index contributed by atoms with van der Waals surface area (Å²) in [6.07, 6.45) is 0. The maximum Gasteiger partial charge on any atom is 0.342 e. The van der Waals surface area contributed by atoms with Crippen LogP contribution in [-0.4, -0.2) is 29.4 Å². The van der Waals surface area contributed by atoms with Crippen LogP contribution in [0.4, 0.5) is 10.1 Å². The molecule has 0 aliphatic heterocycles. The van der Waals surface area contributed by atoms with Gasteiger partial charge < -0.3 is 15.2 Å². The van der Waals surface area contributed by atoms with Crippen molar-refractivity contribution in [3.8, 4) is 5.75 Å². The number of nitrogens with one attached hydrogen (secondary N) is 1. The Morgan fingerprint density at radius 2 is 1.88 bits per heavy atom. The average Bonchev–Trinajstić information content (AvgIpc) is 2.54. The number of halogens is 1. The molecule has 2 aromatic rings. The van der Waals surface area contributed by atoms with Gasteiger partial charge in [0.15, 0.2) is 6.61 Å². The van der Waals surface area contributed by atoms with Crippen LogP contribution in [0.25, 0.3) is 0 Å². The first-order valence-electron chi connectivity index (χ1n) is 7.35. The van der Waals surface area contributed by atoms with Gasteiger partial charge in [0.1, 0.15) is 17.1 Å². The van der Waals surface area contributed by atoms with Crippen molar-refractivity contribution in [1.82, 2.24) is 0 Å². The Morgan fingerprint density at radius 1 is 1.16 bits per heavy atom.